The molecule has 0 spiro atoms. The number of benzene rings is 2. The third-order valence-electron chi connectivity index (χ3n) is 3.94. The fourth-order valence-electron chi connectivity index (χ4n) is 2.39. The van der Waals surface area contributed by atoms with Gasteiger partial charge in [-0.15, -0.1) is 0 Å². The summed E-state index contributed by atoms with van der Waals surface area (Å²) in [7, 11) is 0. The summed E-state index contributed by atoms with van der Waals surface area (Å²) in [4.78, 5) is 35.3. The van der Waals surface area contributed by atoms with Crippen LogP contribution in [0.5, 0.6) is 5.75 Å². The van der Waals surface area contributed by atoms with Crippen molar-refractivity contribution >= 4 is 23.3 Å². The second-order valence-corrected chi connectivity index (χ2v) is 6.00. The van der Waals surface area contributed by atoms with Crippen molar-refractivity contribution in [3.8, 4) is 5.75 Å². The third kappa shape index (κ3) is 5.95. The minimum atomic E-state index is -0.977. The van der Waals surface area contributed by atoms with Crippen molar-refractivity contribution in [1.29, 1.82) is 0 Å². The van der Waals surface area contributed by atoms with Crippen LogP contribution in [0.4, 0.5) is 5.69 Å². The second kappa shape index (κ2) is 9.52. The van der Waals surface area contributed by atoms with Crippen molar-refractivity contribution in [2.24, 2.45) is 0 Å². The highest BCUT2D eigenvalue weighted by molar-refractivity contribution is 5.97. The minimum absolute atomic E-state index is 0.0557. The zero-order valence-corrected chi connectivity index (χ0v) is 15.7. The monoisotopic (exact) mass is 369 g/mol. The van der Waals surface area contributed by atoms with E-state index in [2.05, 4.69) is 5.32 Å². The zero-order chi connectivity index (χ0) is 19.8. The Morgan fingerprint density at radius 1 is 1.04 bits per heavy atom. The van der Waals surface area contributed by atoms with Gasteiger partial charge in [0.1, 0.15) is 5.75 Å². The SMILES string of the molecule is CCc1ccccc1OCC(=O)O[C@H](C)C(=O)Nc1ccc(C(C)=O)cc1. The fraction of sp³-hybridized carbons (Fsp3) is 0.286. The Morgan fingerprint density at radius 2 is 1.70 bits per heavy atom. The molecule has 6 heteroatoms. The number of ether oxygens (including phenoxy) is 2. The predicted octanol–water partition coefficient (Wildman–Crippen LogP) is 3.40. The smallest absolute Gasteiger partial charge is 0.344 e. The first kappa shape index (κ1) is 20.2. The number of carbonyl (C=O) groups is 3. The van der Waals surface area contributed by atoms with Gasteiger partial charge in [-0.3, -0.25) is 9.59 Å². The lowest BCUT2D eigenvalue weighted by molar-refractivity contribution is -0.155. The molecule has 0 saturated carbocycles. The molecule has 142 valence electrons. The number of anilines is 1. The van der Waals surface area contributed by atoms with Crippen LogP contribution in [0.15, 0.2) is 48.5 Å². The molecule has 2 aromatic rings. The lowest BCUT2D eigenvalue weighted by Gasteiger charge is -2.15. The molecule has 0 unspecified atom stereocenters. The first-order chi connectivity index (χ1) is 12.9. The molecule has 2 aromatic carbocycles. The summed E-state index contributed by atoms with van der Waals surface area (Å²) < 4.78 is 10.6. The normalized spacial score (nSPS) is 11.4. The average Bonchev–Trinajstić information content (AvgIpc) is 2.66. The van der Waals surface area contributed by atoms with Gasteiger partial charge in [-0.25, -0.2) is 4.79 Å². The Hall–Kier alpha value is -3.15. The van der Waals surface area contributed by atoms with Crippen LogP contribution in [0, 0.1) is 0 Å². The molecule has 0 aliphatic rings. The highest BCUT2D eigenvalue weighted by Crippen LogP contribution is 2.18. The maximum absolute atomic E-state index is 12.1. The molecule has 2 rings (SSSR count). The largest absolute Gasteiger partial charge is 0.482 e. The molecule has 0 aliphatic carbocycles. The standard InChI is InChI=1S/C21H23NO5/c1-4-16-7-5-6-8-19(16)26-13-20(24)27-15(3)21(25)22-18-11-9-17(10-12-18)14(2)23/h5-12,15H,4,13H2,1-3H3,(H,22,25)/t15-/m1/s1. The highest BCUT2D eigenvalue weighted by atomic mass is 16.6. The van der Waals surface area contributed by atoms with Crippen molar-refractivity contribution in [2.45, 2.75) is 33.3 Å². The van der Waals surface area contributed by atoms with E-state index in [1.54, 1.807) is 30.3 Å². The average molecular weight is 369 g/mol. The van der Waals surface area contributed by atoms with Crippen molar-refractivity contribution in [3.05, 3.63) is 59.7 Å². The Bertz CT molecular complexity index is 814. The molecule has 0 radical (unpaired) electrons. The Labute approximate surface area is 158 Å². The molecule has 0 aliphatic heterocycles. The van der Waals surface area contributed by atoms with E-state index in [-0.39, 0.29) is 12.4 Å². The van der Waals surface area contributed by atoms with Gasteiger partial charge < -0.3 is 14.8 Å². The van der Waals surface area contributed by atoms with Gasteiger partial charge in [-0.05, 0) is 56.2 Å². The van der Waals surface area contributed by atoms with E-state index in [9.17, 15) is 14.4 Å². The van der Waals surface area contributed by atoms with E-state index < -0.39 is 18.0 Å². The van der Waals surface area contributed by atoms with Crippen LogP contribution in [-0.2, 0) is 20.7 Å². The number of carbonyl (C=O) groups excluding carboxylic acids is 3. The summed E-state index contributed by atoms with van der Waals surface area (Å²) in [5, 5.41) is 2.64. The molecule has 6 nitrogen and oxygen atoms in total. The number of rotatable bonds is 8. The van der Waals surface area contributed by atoms with E-state index >= 15 is 0 Å². The molecule has 1 atom stereocenters. The van der Waals surface area contributed by atoms with Crippen LogP contribution in [0.2, 0.25) is 0 Å². The Kier molecular flexibility index (Phi) is 7.11. The number of hydrogen-bond acceptors (Lipinski definition) is 5. The van der Waals surface area contributed by atoms with E-state index in [0.29, 0.717) is 17.0 Å². The summed E-state index contributed by atoms with van der Waals surface area (Å²) in [6.07, 6.45) is -0.193. The quantitative estimate of drug-likeness (QED) is 0.570. The van der Waals surface area contributed by atoms with Gasteiger partial charge in [0.05, 0.1) is 0 Å². The molecule has 0 saturated heterocycles. The molecular weight excluding hydrogens is 346 g/mol. The number of Topliss-reactive ketones (excluding diaryl/α,β-unsaturated/α-hetero) is 1. The Morgan fingerprint density at radius 3 is 2.33 bits per heavy atom. The van der Waals surface area contributed by atoms with Crippen molar-refractivity contribution in [3.63, 3.8) is 0 Å². The number of para-hydroxylation sites is 1. The molecule has 0 heterocycles. The number of amides is 1. The number of hydrogen-bond donors (Lipinski definition) is 1. The van der Waals surface area contributed by atoms with Gasteiger partial charge in [0, 0.05) is 11.3 Å². The third-order valence-corrected chi connectivity index (χ3v) is 3.94. The second-order valence-electron chi connectivity index (χ2n) is 6.00. The van der Waals surface area contributed by atoms with Crippen molar-refractivity contribution in [2.75, 3.05) is 11.9 Å². The maximum Gasteiger partial charge on any atom is 0.344 e. The molecule has 0 bridgehead atoms. The van der Waals surface area contributed by atoms with E-state index in [1.165, 1.54) is 13.8 Å². The maximum atomic E-state index is 12.1. The lowest BCUT2D eigenvalue weighted by Crippen LogP contribution is -2.31. The molecule has 27 heavy (non-hydrogen) atoms. The topological polar surface area (TPSA) is 81.7 Å². The van der Waals surface area contributed by atoms with Gasteiger partial charge in [0.25, 0.3) is 5.91 Å². The van der Waals surface area contributed by atoms with Gasteiger partial charge >= 0.3 is 5.97 Å². The van der Waals surface area contributed by atoms with Gasteiger partial charge in [-0.1, -0.05) is 25.1 Å². The highest BCUT2D eigenvalue weighted by Gasteiger charge is 2.18. The first-order valence-electron chi connectivity index (χ1n) is 8.72. The summed E-state index contributed by atoms with van der Waals surface area (Å²) in [6.45, 7) is 4.67. The molecule has 0 aromatic heterocycles. The summed E-state index contributed by atoms with van der Waals surface area (Å²) in [5.74, 6) is -0.525. The van der Waals surface area contributed by atoms with Crippen LogP contribution in [0.3, 0.4) is 0 Å². The number of aryl methyl sites for hydroxylation is 1. The van der Waals surface area contributed by atoms with Gasteiger partial charge in [0.2, 0.25) is 0 Å². The number of ketones is 1. The van der Waals surface area contributed by atoms with Gasteiger partial charge in [-0.2, -0.15) is 0 Å². The fourth-order valence-corrected chi connectivity index (χ4v) is 2.39. The van der Waals surface area contributed by atoms with Crippen LogP contribution in [0.1, 0.15) is 36.7 Å². The predicted molar refractivity (Wildman–Crippen MR) is 102 cm³/mol. The van der Waals surface area contributed by atoms with Crippen molar-refractivity contribution < 1.29 is 23.9 Å². The molecule has 1 amide bonds. The number of nitrogens with one attached hydrogen (secondary N) is 1. The van der Waals surface area contributed by atoms with E-state index in [0.717, 1.165) is 12.0 Å². The van der Waals surface area contributed by atoms with Gasteiger partial charge in [0.15, 0.2) is 18.5 Å². The van der Waals surface area contributed by atoms with Crippen LogP contribution < -0.4 is 10.1 Å². The first-order valence-corrected chi connectivity index (χ1v) is 8.72. The Balaban J connectivity index is 1.84. The summed E-state index contributed by atoms with van der Waals surface area (Å²) >= 11 is 0. The summed E-state index contributed by atoms with van der Waals surface area (Å²) in [5.41, 5.74) is 2.06. The van der Waals surface area contributed by atoms with Crippen LogP contribution in [0.25, 0.3) is 0 Å². The molecular formula is C21H23NO5. The van der Waals surface area contributed by atoms with E-state index in [1.807, 2.05) is 25.1 Å². The lowest BCUT2D eigenvalue weighted by atomic mass is 10.1. The summed E-state index contributed by atoms with van der Waals surface area (Å²) in [6, 6.07) is 13.9. The van der Waals surface area contributed by atoms with Crippen LogP contribution >= 0.6 is 0 Å². The zero-order valence-electron chi connectivity index (χ0n) is 15.7. The van der Waals surface area contributed by atoms with Crippen molar-refractivity contribution in [1.82, 2.24) is 0 Å². The molecule has 0 fully saturated rings. The van der Waals surface area contributed by atoms with Crippen LogP contribution in [-0.4, -0.2) is 30.4 Å². The minimum Gasteiger partial charge on any atom is -0.482 e. The van der Waals surface area contributed by atoms with E-state index in [4.69, 9.17) is 9.47 Å². The number of esters is 1. The molecule has 1 N–H and O–H groups in total.